The number of halogens is 4. The van der Waals surface area contributed by atoms with Gasteiger partial charge in [-0.1, -0.05) is 6.07 Å². The maximum atomic E-state index is 13.1. The van der Waals surface area contributed by atoms with Gasteiger partial charge in [0.1, 0.15) is 10.8 Å². The van der Waals surface area contributed by atoms with Crippen LogP contribution in [-0.2, 0) is 6.18 Å². The number of likely N-dealkylation sites (tertiary alicyclic amines) is 1. The molecule has 1 aliphatic rings. The van der Waals surface area contributed by atoms with Crippen molar-refractivity contribution < 1.29 is 22.4 Å². The topological polar surface area (TPSA) is 45.2 Å². The van der Waals surface area contributed by atoms with E-state index in [0.717, 1.165) is 29.1 Å². The maximum absolute atomic E-state index is 13.1. The highest BCUT2D eigenvalue weighted by Gasteiger charge is 2.33. The third-order valence-corrected chi connectivity index (χ3v) is 5.85. The fourth-order valence-electron chi connectivity index (χ4n) is 3.43. The summed E-state index contributed by atoms with van der Waals surface area (Å²) in [6.07, 6.45) is -2.99. The van der Waals surface area contributed by atoms with E-state index < -0.39 is 17.8 Å². The first kappa shape index (κ1) is 20.3. The van der Waals surface area contributed by atoms with Gasteiger partial charge in [-0.2, -0.15) is 13.2 Å². The number of anilines is 1. The van der Waals surface area contributed by atoms with Crippen LogP contribution in [0.2, 0.25) is 0 Å². The number of thiazole rings is 1. The Bertz CT molecular complexity index is 1050. The number of hydrogen-bond acceptors (Lipinski definition) is 3. The Labute approximate surface area is 174 Å². The van der Waals surface area contributed by atoms with Gasteiger partial charge in [0.15, 0.2) is 0 Å². The SMILES string of the molecule is O=C(Nc1cccc(C(F)(F)F)c1)N1CCC[C@H]1c1nc(-c2ccc(F)cc2)cs1. The average molecular weight is 435 g/mol. The Morgan fingerprint density at radius 2 is 1.93 bits per heavy atom. The predicted molar refractivity (Wildman–Crippen MR) is 107 cm³/mol. The van der Waals surface area contributed by atoms with Gasteiger partial charge in [-0.3, -0.25) is 0 Å². The zero-order valence-electron chi connectivity index (χ0n) is 15.6. The first-order valence-electron chi connectivity index (χ1n) is 9.27. The third kappa shape index (κ3) is 4.30. The minimum absolute atomic E-state index is 0.0895. The normalized spacial score (nSPS) is 16.7. The Morgan fingerprint density at radius 3 is 2.67 bits per heavy atom. The van der Waals surface area contributed by atoms with Gasteiger partial charge in [0.2, 0.25) is 0 Å². The second-order valence-corrected chi connectivity index (χ2v) is 7.83. The highest BCUT2D eigenvalue weighted by Crippen LogP contribution is 2.36. The number of rotatable bonds is 3. The fourth-order valence-corrected chi connectivity index (χ4v) is 4.40. The van der Waals surface area contributed by atoms with E-state index in [2.05, 4.69) is 10.3 Å². The first-order chi connectivity index (χ1) is 14.3. The number of urea groups is 1. The standard InChI is InChI=1S/C21H17F4N3OS/c22-15-8-6-13(7-9-15)17-12-30-19(27-17)18-5-2-10-28(18)20(29)26-16-4-1-3-14(11-16)21(23,24)25/h1,3-4,6-9,11-12,18H,2,5,10H2,(H,26,29)/t18-/m0/s1. The molecule has 3 aromatic rings. The van der Waals surface area contributed by atoms with Crippen molar-refractivity contribution in [2.45, 2.75) is 25.1 Å². The van der Waals surface area contributed by atoms with E-state index in [4.69, 9.17) is 0 Å². The van der Waals surface area contributed by atoms with Gasteiger partial charge in [-0.15, -0.1) is 11.3 Å². The van der Waals surface area contributed by atoms with E-state index in [-0.39, 0.29) is 17.5 Å². The minimum Gasteiger partial charge on any atom is -0.315 e. The van der Waals surface area contributed by atoms with Crippen molar-refractivity contribution in [3.63, 3.8) is 0 Å². The molecule has 4 nitrogen and oxygen atoms in total. The lowest BCUT2D eigenvalue weighted by molar-refractivity contribution is -0.137. The predicted octanol–water partition coefficient (Wildman–Crippen LogP) is 6.34. The van der Waals surface area contributed by atoms with Crippen molar-refractivity contribution in [1.29, 1.82) is 0 Å². The molecule has 0 aliphatic carbocycles. The summed E-state index contributed by atoms with van der Waals surface area (Å²) in [7, 11) is 0. The average Bonchev–Trinajstić information content (AvgIpc) is 3.37. The summed E-state index contributed by atoms with van der Waals surface area (Å²) in [5.41, 5.74) is 0.741. The van der Waals surface area contributed by atoms with Crippen molar-refractivity contribution in [3.05, 3.63) is 70.3 Å². The summed E-state index contributed by atoms with van der Waals surface area (Å²) < 4.78 is 51.8. The Kier molecular flexibility index (Phi) is 5.46. The van der Waals surface area contributed by atoms with E-state index in [1.54, 1.807) is 17.0 Å². The van der Waals surface area contributed by atoms with Crippen molar-refractivity contribution in [1.82, 2.24) is 9.88 Å². The first-order valence-corrected chi connectivity index (χ1v) is 10.2. The van der Waals surface area contributed by atoms with Crippen LogP contribution in [0.3, 0.4) is 0 Å². The van der Waals surface area contributed by atoms with E-state index in [9.17, 15) is 22.4 Å². The highest BCUT2D eigenvalue weighted by atomic mass is 32.1. The molecule has 0 bridgehead atoms. The molecule has 30 heavy (non-hydrogen) atoms. The van der Waals surface area contributed by atoms with Crippen LogP contribution < -0.4 is 5.32 Å². The van der Waals surface area contributed by atoms with Gasteiger partial charge in [-0.05, 0) is 55.3 Å². The molecule has 0 unspecified atom stereocenters. The molecule has 2 heterocycles. The second-order valence-electron chi connectivity index (χ2n) is 6.94. The lowest BCUT2D eigenvalue weighted by atomic mass is 10.2. The van der Waals surface area contributed by atoms with E-state index in [1.807, 2.05) is 5.38 Å². The van der Waals surface area contributed by atoms with Gasteiger partial charge in [-0.25, -0.2) is 14.2 Å². The Hall–Kier alpha value is -2.94. The molecule has 1 N–H and O–H groups in total. The van der Waals surface area contributed by atoms with Gasteiger partial charge in [0, 0.05) is 23.2 Å². The summed E-state index contributed by atoms with van der Waals surface area (Å²) in [6, 6.07) is 9.84. The molecular formula is C21H17F4N3OS. The van der Waals surface area contributed by atoms with Crippen LogP contribution in [0.1, 0.15) is 29.5 Å². The smallest absolute Gasteiger partial charge is 0.315 e. The molecule has 156 valence electrons. The Balaban J connectivity index is 1.50. The summed E-state index contributed by atoms with van der Waals surface area (Å²) in [5.74, 6) is -0.331. The second kappa shape index (κ2) is 8.06. The molecule has 9 heteroatoms. The number of nitrogens with zero attached hydrogens (tertiary/aromatic N) is 2. The monoisotopic (exact) mass is 435 g/mol. The molecule has 4 rings (SSSR count). The number of alkyl halides is 3. The molecule has 0 radical (unpaired) electrons. The van der Waals surface area contributed by atoms with Crippen LogP contribution in [0.15, 0.2) is 53.9 Å². The van der Waals surface area contributed by atoms with Crippen molar-refractivity contribution in [2.24, 2.45) is 0 Å². The van der Waals surface area contributed by atoms with Crippen LogP contribution in [0, 0.1) is 5.82 Å². The fraction of sp³-hybridized carbons (Fsp3) is 0.238. The molecule has 2 aromatic carbocycles. The summed E-state index contributed by atoms with van der Waals surface area (Å²) >= 11 is 1.40. The van der Waals surface area contributed by atoms with Crippen LogP contribution in [0.5, 0.6) is 0 Å². The summed E-state index contributed by atoms with van der Waals surface area (Å²) in [6.45, 7) is 0.487. The minimum atomic E-state index is -4.48. The highest BCUT2D eigenvalue weighted by molar-refractivity contribution is 7.10. The van der Waals surface area contributed by atoms with Crippen LogP contribution >= 0.6 is 11.3 Å². The Morgan fingerprint density at radius 1 is 1.17 bits per heavy atom. The number of carbonyl (C=O) groups excluding carboxylic acids is 1. The van der Waals surface area contributed by atoms with Gasteiger partial charge >= 0.3 is 12.2 Å². The number of nitrogens with one attached hydrogen (secondary N) is 1. The molecule has 1 atom stereocenters. The number of aromatic nitrogens is 1. The molecule has 2 amide bonds. The lowest BCUT2D eigenvalue weighted by Crippen LogP contribution is -2.34. The van der Waals surface area contributed by atoms with Crippen LogP contribution in [0.4, 0.5) is 28.0 Å². The zero-order valence-corrected chi connectivity index (χ0v) is 16.4. The number of amides is 2. The quantitative estimate of drug-likeness (QED) is 0.488. The molecule has 1 saturated heterocycles. The van der Waals surface area contributed by atoms with Crippen LogP contribution in [-0.4, -0.2) is 22.5 Å². The van der Waals surface area contributed by atoms with E-state index >= 15 is 0 Å². The lowest BCUT2D eigenvalue weighted by Gasteiger charge is -2.23. The largest absolute Gasteiger partial charge is 0.416 e. The van der Waals surface area contributed by atoms with Crippen LogP contribution in [0.25, 0.3) is 11.3 Å². The van der Waals surface area contributed by atoms with Crippen molar-refractivity contribution in [3.8, 4) is 11.3 Å². The number of hydrogen-bond donors (Lipinski definition) is 1. The van der Waals surface area contributed by atoms with Gasteiger partial charge in [0.25, 0.3) is 0 Å². The summed E-state index contributed by atoms with van der Waals surface area (Å²) in [5, 5.41) is 5.16. The summed E-state index contributed by atoms with van der Waals surface area (Å²) in [4.78, 5) is 18.9. The molecule has 1 aromatic heterocycles. The molecule has 0 spiro atoms. The zero-order chi connectivity index (χ0) is 21.3. The van der Waals surface area contributed by atoms with Gasteiger partial charge < -0.3 is 10.2 Å². The van der Waals surface area contributed by atoms with Crippen molar-refractivity contribution >= 4 is 23.1 Å². The van der Waals surface area contributed by atoms with E-state index in [0.29, 0.717) is 18.7 Å². The molecule has 1 fully saturated rings. The third-order valence-electron chi connectivity index (χ3n) is 4.90. The maximum Gasteiger partial charge on any atom is 0.416 e. The molecule has 1 aliphatic heterocycles. The van der Waals surface area contributed by atoms with Gasteiger partial charge in [0.05, 0.1) is 17.3 Å². The molecular weight excluding hydrogens is 418 g/mol. The molecule has 0 saturated carbocycles. The van der Waals surface area contributed by atoms with Crippen molar-refractivity contribution in [2.75, 3.05) is 11.9 Å². The number of benzene rings is 2. The number of carbonyl (C=O) groups is 1. The van der Waals surface area contributed by atoms with E-state index in [1.165, 1.54) is 35.6 Å².